The van der Waals surface area contributed by atoms with Crippen LogP contribution >= 0.6 is 0 Å². The number of nitrogens with zero attached hydrogens (tertiary/aromatic N) is 1. The Morgan fingerprint density at radius 1 is 1.47 bits per heavy atom. The number of rotatable bonds is 2. The number of nitrogens with one attached hydrogen (secondary N) is 2. The molecule has 0 amide bonds. The van der Waals surface area contributed by atoms with Gasteiger partial charge < -0.3 is 10.6 Å². The topological polar surface area (TPSA) is 37.0 Å². The minimum Gasteiger partial charge on any atom is -0.366 e. The van der Waals surface area contributed by atoms with Gasteiger partial charge in [-0.05, 0) is 44.9 Å². The predicted octanol–water partition coefficient (Wildman–Crippen LogP) is 1.94. The predicted molar refractivity (Wildman–Crippen MR) is 63.1 cm³/mol. The highest BCUT2D eigenvalue weighted by atomic mass is 15.1. The molecule has 1 saturated heterocycles. The first-order valence-electron chi connectivity index (χ1n) is 5.68. The molecule has 0 aromatic carbocycles. The lowest BCUT2D eigenvalue weighted by Gasteiger charge is -2.31. The van der Waals surface area contributed by atoms with Crippen molar-refractivity contribution in [1.82, 2.24) is 10.3 Å². The summed E-state index contributed by atoms with van der Waals surface area (Å²) >= 11 is 0. The van der Waals surface area contributed by atoms with Crippen LogP contribution in [-0.4, -0.2) is 23.6 Å². The van der Waals surface area contributed by atoms with E-state index in [-0.39, 0.29) is 0 Å². The molecular weight excluding hydrogens is 186 g/mol. The van der Waals surface area contributed by atoms with Crippen LogP contribution in [-0.2, 0) is 0 Å². The molecule has 1 fully saturated rings. The zero-order valence-electron chi connectivity index (χ0n) is 9.46. The molecule has 82 valence electrons. The Bertz CT molecular complexity index is 307. The van der Waals surface area contributed by atoms with E-state index in [1.165, 1.54) is 18.4 Å². The first-order valence-corrected chi connectivity index (χ1v) is 5.68. The smallest absolute Gasteiger partial charge is 0.126 e. The van der Waals surface area contributed by atoms with Gasteiger partial charge in [0.1, 0.15) is 5.82 Å². The molecule has 1 aliphatic rings. The Balaban J connectivity index is 1.98. The van der Waals surface area contributed by atoms with Gasteiger partial charge in [-0.15, -0.1) is 0 Å². The molecule has 3 nitrogen and oxygen atoms in total. The second-order valence-electron chi connectivity index (χ2n) is 4.36. The van der Waals surface area contributed by atoms with Crippen LogP contribution in [0, 0.1) is 6.92 Å². The van der Waals surface area contributed by atoms with Crippen molar-refractivity contribution in [2.75, 3.05) is 11.9 Å². The summed E-state index contributed by atoms with van der Waals surface area (Å²) in [5, 5.41) is 6.96. The van der Waals surface area contributed by atoms with Crippen LogP contribution in [0.1, 0.15) is 25.3 Å². The molecule has 15 heavy (non-hydrogen) atoms. The molecule has 2 unspecified atom stereocenters. The minimum atomic E-state index is 0.508. The molecule has 0 radical (unpaired) electrons. The zero-order chi connectivity index (χ0) is 10.7. The number of aromatic nitrogens is 1. The van der Waals surface area contributed by atoms with Gasteiger partial charge in [-0.25, -0.2) is 4.98 Å². The standard InChI is InChI=1S/C12H19N3/c1-9-5-6-12(14-8-9)15-11-4-3-7-13-10(11)2/h5-6,8,10-11,13H,3-4,7H2,1-2H3,(H,14,15). The van der Waals surface area contributed by atoms with Crippen LogP contribution in [0.2, 0.25) is 0 Å². The largest absolute Gasteiger partial charge is 0.366 e. The second kappa shape index (κ2) is 4.62. The van der Waals surface area contributed by atoms with E-state index >= 15 is 0 Å². The van der Waals surface area contributed by atoms with E-state index in [2.05, 4.69) is 41.6 Å². The van der Waals surface area contributed by atoms with Crippen molar-refractivity contribution in [3.05, 3.63) is 23.9 Å². The number of pyridine rings is 1. The van der Waals surface area contributed by atoms with Crippen molar-refractivity contribution in [3.8, 4) is 0 Å². The Morgan fingerprint density at radius 3 is 3.00 bits per heavy atom. The zero-order valence-corrected chi connectivity index (χ0v) is 9.46. The lowest BCUT2D eigenvalue weighted by Crippen LogP contribution is -2.46. The Labute approximate surface area is 91.3 Å². The average molecular weight is 205 g/mol. The highest BCUT2D eigenvalue weighted by molar-refractivity contribution is 5.36. The number of hydrogen-bond donors (Lipinski definition) is 2. The molecule has 1 aliphatic heterocycles. The lowest BCUT2D eigenvalue weighted by molar-refractivity contribution is 0.389. The fourth-order valence-electron chi connectivity index (χ4n) is 1.98. The molecule has 3 heteroatoms. The van der Waals surface area contributed by atoms with Crippen LogP contribution in [0.15, 0.2) is 18.3 Å². The van der Waals surface area contributed by atoms with Crippen molar-refractivity contribution in [1.29, 1.82) is 0 Å². The third-order valence-electron chi connectivity index (χ3n) is 3.01. The maximum absolute atomic E-state index is 4.37. The van der Waals surface area contributed by atoms with Crippen molar-refractivity contribution < 1.29 is 0 Å². The third kappa shape index (κ3) is 2.69. The van der Waals surface area contributed by atoms with Crippen molar-refractivity contribution in [2.45, 2.75) is 38.8 Å². The fraction of sp³-hybridized carbons (Fsp3) is 0.583. The molecule has 2 heterocycles. The van der Waals surface area contributed by atoms with Gasteiger partial charge in [0.2, 0.25) is 0 Å². The van der Waals surface area contributed by atoms with Crippen LogP contribution in [0.4, 0.5) is 5.82 Å². The molecule has 1 aromatic rings. The van der Waals surface area contributed by atoms with Gasteiger partial charge >= 0.3 is 0 Å². The van der Waals surface area contributed by atoms with Gasteiger partial charge in [-0.3, -0.25) is 0 Å². The maximum atomic E-state index is 4.37. The molecule has 0 spiro atoms. The first-order chi connectivity index (χ1) is 7.25. The van der Waals surface area contributed by atoms with Gasteiger partial charge in [0.15, 0.2) is 0 Å². The van der Waals surface area contributed by atoms with E-state index < -0.39 is 0 Å². The van der Waals surface area contributed by atoms with E-state index in [1.54, 1.807) is 0 Å². The van der Waals surface area contributed by atoms with Crippen LogP contribution in [0.5, 0.6) is 0 Å². The summed E-state index contributed by atoms with van der Waals surface area (Å²) in [4.78, 5) is 4.37. The summed E-state index contributed by atoms with van der Waals surface area (Å²) in [5.41, 5.74) is 1.20. The Hall–Kier alpha value is -1.09. The van der Waals surface area contributed by atoms with E-state index in [4.69, 9.17) is 0 Å². The van der Waals surface area contributed by atoms with Crippen molar-refractivity contribution in [2.24, 2.45) is 0 Å². The number of anilines is 1. The van der Waals surface area contributed by atoms with E-state index in [0.29, 0.717) is 12.1 Å². The molecule has 1 aromatic heterocycles. The summed E-state index contributed by atoms with van der Waals surface area (Å²) < 4.78 is 0. The molecule has 2 rings (SSSR count). The highest BCUT2D eigenvalue weighted by Crippen LogP contribution is 2.14. The molecule has 2 atom stereocenters. The Morgan fingerprint density at radius 2 is 2.33 bits per heavy atom. The number of aryl methyl sites for hydroxylation is 1. The quantitative estimate of drug-likeness (QED) is 0.774. The number of piperidine rings is 1. The summed E-state index contributed by atoms with van der Waals surface area (Å²) in [6, 6.07) is 5.18. The molecule has 0 saturated carbocycles. The summed E-state index contributed by atoms with van der Waals surface area (Å²) in [6.45, 7) is 5.42. The minimum absolute atomic E-state index is 0.508. The SMILES string of the molecule is Cc1ccc(NC2CCCNC2C)nc1. The van der Waals surface area contributed by atoms with Gasteiger partial charge in [-0.1, -0.05) is 6.07 Å². The van der Waals surface area contributed by atoms with Gasteiger partial charge in [-0.2, -0.15) is 0 Å². The van der Waals surface area contributed by atoms with Gasteiger partial charge in [0.25, 0.3) is 0 Å². The van der Waals surface area contributed by atoms with Crippen LogP contribution in [0.3, 0.4) is 0 Å². The molecule has 0 aliphatic carbocycles. The monoisotopic (exact) mass is 205 g/mol. The molecule has 0 bridgehead atoms. The summed E-state index contributed by atoms with van der Waals surface area (Å²) in [6.07, 6.45) is 4.38. The van der Waals surface area contributed by atoms with Gasteiger partial charge in [0, 0.05) is 18.3 Å². The van der Waals surface area contributed by atoms with Crippen LogP contribution < -0.4 is 10.6 Å². The Kier molecular flexibility index (Phi) is 3.21. The first kappa shape index (κ1) is 10.4. The highest BCUT2D eigenvalue weighted by Gasteiger charge is 2.20. The normalized spacial score (nSPS) is 26.3. The third-order valence-corrected chi connectivity index (χ3v) is 3.01. The second-order valence-corrected chi connectivity index (χ2v) is 4.36. The molecular formula is C12H19N3. The maximum Gasteiger partial charge on any atom is 0.126 e. The number of hydrogen-bond acceptors (Lipinski definition) is 3. The van der Waals surface area contributed by atoms with Gasteiger partial charge in [0.05, 0.1) is 0 Å². The van der Waals surface area contributed by atoms with E-state index in [9.17, 15) is 0 Å². The summed E-state index contributed by atoms with van der Waals surface area (Å²) in [5.74, 6) is 0.987. The average Bonchev–Trinajstić information content (AvgIpc) is 2.25. The summed E-state index contributed by atoms with van der Waals surface area (Å²) in [7, 11) is 0. The molecule has 2 N–H and O–H groups in total. The van der Waals surface area contributed by atoms with Crippen LogP contribution in [0.25, 0.3) is 0 Å². The van der Waals surface area contributed by atoms with E-state index in [1.807, 2.05) is 6.20 Å². The fourth-order valence-corrected chi connectivity index (χ4v) is 1.98. The van der Waals surface area contributed by atoms with E-state index in [0.717, 1.165) is 12.4 Å². The van der Waals surface area contributed by atoms with Crippen molar-refractivity contribution in [3.63, 3.8) is 0 Å². The van der Waals surface area contributed by atoms with Crippen molar-refractivity contribution >= 4 is 5.82 Å². The lowest BCUT2D eigenvalue weighted by atomic mass is 10.00.